The molecule has 1 unspecified atom stereocenters. The van der Waals surface area contributed by atoms with Gasteiger partial charge in [-0.3, -0.25) is 4.79 Å². The minimum atomic E-state index is -0.244. The number of rotatable bonds is 2. The molecule has 0 spiro atoms. The molecule has 0 saturated carbocycles. The zero-order valence-corrected chi connectivity index (χ0v) is 9.82. The van der Waals surface area contributed by atoms with E-state index in [1.807, 2.05) is 25.1 Å². The molecule has 1 aromatic rings. The van der Waals surface area contributed by atoms with Gasteiger partial charge in [-0.25, -0.2) is 0 Å². The summed E-state index contributed by atoms with van der Waals surface area (Å²) < 4.78 is 0. The zero-order chi connectivity index (χ0) is 10.0. The van der Waals surface area contributed by atoms with E-state index >= 15 is 0 Å². The first-order chi connectivity index (χ1) is 6.04. The molecule has 0 amide bonds. The van der Waals surface area contributed by atoms with Crippen molar-refractivity contribution in [1.82, 2.24) is 0 Å². The van der Waals surface area contributed by atoms with Crippen molar-refractivity contribution in [2.45, 2.75) is 18.7 Å². The van der Waals surface area contributed by atoms with Crippen molar-refractivity contribution in [3.8, 4) is 0 Å². The number of benzene rings is 1. The number of halogens is 2. The molecule has 0 N–H and O–H groups in total. The number of carbonyl (C=O) groups excluding carboxylic acids is 1. The van der Waals surface area contributed by atoms with Crippen molar-refractivity contribution in [2.75, 3.05) is 0 Å². The lowest BCUT2D eigenvalue weighted by molar-refractivity contribution is -0.116. The average Bonchev–Trinajstić information content (AvgIpc) is 2.08. The number of Topliss-reactive ketones (excluding diaryl/α,β-unsaturated/α-hetero) is 1. The predicted molar refractivity (Wildman–Crippen MR) is 58.5 cm³/mol. The van der Waals surface area contributed by atoms with E-state index in [1.54, 1.807) is 6.92 Å². The summed E-state index contributed by atoms with van der Waals surface area (Å²) in [7, 11) is 0. The highest BCUT2D eigenvalue weighted by Crippen LogP contribution is 2.30. The number of hydrogen-bond donors (Lipinski definition) is 0. The topological polar surface area (TPSA) is 17.1 Å². The third-order valence-corrected chi connectivity index (χ3v) is 3.49. The summed E-state index contributed by atoms with van der Waals surface area (Å²) >= 11 is 9.26. The average molecular weight is 262 g/mol. The van der Waals surface area contributed by atoms with Gasteiger partial charge >= 0.3 is 0 Å². The molecule has 0 aliphatic heterocycles. The number of carbonyl (C=O) groups is 1. The largest absolute Gasteiger partial charge is 0.298 e. The molecule has 0 aliphatic carbocycles. The summed E-state index contributed by atoms with van der Waals surface area (Å²) in [5.41, 5.74) is 1.90. The van der Waals surface area contributed by atoms with Crippen molar-refractivity contribution >= 4 is 33.3 Å². The van der Waals surface area contributed by atoms with Crippen LogP contribution in [0.5, 0.6) is 0 Å². The molecule has 0 saturated heterocycles. The maximum atomic E-state index is 11.1. The fraction of sp³-hybridized carbons (Fsp3) is 0.300. The highest BCUT2D eigenvalue weighted by molar-refractivity contribution is 9.09. The van der Waals surface area contributed by atoms with Gasteiger partial charge in [-0.15, -0.1) is 0 Å². The van der Waals surface area contributed by atoms with E-state index in [0.29, 0.717) is 5.02 Å². The first kappa shape index (κ1) is 10.7. The Labute approximate surface area is 91.2 Å². The Kier molecular flexibility index (Phi) is 3.51. The third-order valence-electron chi connectivity index (χ3n) is 1.94. The number of alkyl halides is 1. The van der Waals surface area contributed by atoms with Crippen molar-refractivity contribution < 1.29 is 4.79 Å². The lowest BCUT2D eigenvalue weighted by Gasteiger charge is -2.10. The molecule has 1 aromatic carbocycles. The fourth-order valence-electron chi connectivity index (χ4n) is 1.12. The minimum absolute atomic E-state index is 0.0883. The van der Waals surface area contributed by atoms with Gasteiger partial charge in [0.05, 0.1) is 4.83 Å². The van der Waals surface area contributed by atoms with Crippen LogP contribution in [0.1, 0.15) is 22.9 Å². The highest BCUT2D eigenvalue weighted by atomic mass is 79.9. The van der Waals surface area contributed by atoms with Gasteiger partial charge in [0.2, 0.25) is 0 Å². The Morgan fingerprint density at radius 1 is 1.54 bits per heavy atom. The first-order valence-electron chi connectivity index (χ1n) is 3.93. The van der Waals surface area contributed by atoms with Crippen LogP contribution in [0, 0.1) is 6.92 Å². The maximum Gasteiger partial charge on any atom is 0.147 e. The monoisotopic (exact) mass is 260 g/mol. The van der Waals surface area contributed by atoms with E-state index in [2.05, 4.69) is 15.9 Å². The van der Waals surface area contributed by atoms with Gasteiger partial charge in [-0.1, -0.05) is 39.7 Å². The molecule has 0 bridgehead atoms. The molecular weight excluding hydrogens is 251 g/mol. The van der Waals surface area contributed by atoms with Gasteiger partial charge in [-0.05, 0) is 31.0 Å². The van der Waals surface area contributed by atoms with Crippen LogP contribution in [0.2, 0.25) is 5.02 Å². The van der Waals surface area contributed by atoms with Crippen molar-refractivity contribution in [3.05, 3.63) is 34.3 Å². The summed E-state index contributed by atoms with van der Waals surface area (Å²) in [5.74, 6) is 0.0883. The van der Waals surface area contributed by atoms with E-state index in [1.165, 1.54) is 0 Å². The summed E-state index contributed by atoms with van der Waals surface area (Å²) in [6.45, 7) is 3.47. The van der Waals surface area contributed by atoms with E-state index in [9.17, 15) is 4.79 Å². The van der Waals surface area contributed by atoms with Crippen LogP contribution < -0.4 is 0 Å². The predicted octanol–water partition coefficient (Wildman–Crippen LogP) is 3.67. The Bertz CT molecular complexity index is 336. The quantitative estimate of drug-likeness (QED) is 0.742. The second kappa shape index (κ2) is 4.25. The van der Waals surface area contributed by atoms with Crippen LogP contribution in [-0.2, 0) is 4.79 Å². The second-order valence-electron chi connectivity index (χ2n) is 2.93. The van der Waals surface area contributed by atoms with Crippen LogP contribution in [0.15, 0.2) is 18.2 Å². The van der Waals surface area contributed by atoms with Gasteiger partial charge in [0.1, 0.15) is 5.78 Å². The smallest absolute Gasteiger partial charge is 0.147 e. The Hall–Kier alpha value is -0.340. The SMILES string of the molecule is CC(=O)C(Br)c1cccc(Cl)c1C. The summed E-state index contributed by atoms with van der Waals surface area (Å²) in [6, 6.07) is 5.57. The van der Waals surface area contributed by atoms with Gasteiger partial charge in [0, 0.05) is 5.02 Å². The number of ketones is 1. The summed E-state index contributed by atoms with van der Waals surface area (Å²) in [6.07, 6.45) is 0. The normalized spacial score (nSPS) is 12.6. The molecule has 1 nitrogen and oxygen atoms in total. The zero-order valence-electron chi connectivity index (χ0n) is 7.47. The van der Waals surface area contributed by atoms with E-state index in [4.69, 9.17) is 11.6 Å². The molecule has 0 radical (unpaired) electrons. The highest BCUT2D eigenvalue weighted by Gasteiger charge is 2.15. The Morgan fingerprint density at radius 3 is 2.69 bits per heavy atom. The molecule has 1 atom stereocenters. The lowest BCUT2D eigenvalue weighted by atomic mass is 10.0. The van der Waals surface area contributed by atoms with Gasteiger partial charge in [0.25, 0.3) is 0 Å². The Morgan fingerprint density at radius 2 is 2.15 bits per heavy atom. The molecular formula is C10H10BrClO. The molecule has 0 fully saturated rings. The molecule has 70 valence electrons. The van der Waals surface area contributed by atoms with Crippen molar-refractivity contribution in [1.29, 1.82) is 0 Å². The molecule has 3 heteroatoms. The number of hydrogen-bond acceptors (Lipinski definition) is 1. The minimum Gasteiger partial charge on any atom is -0.298 e. The second-order valence-corrected chi connectivity index (χ2v) is 4.25. The molecule has 0 aliphatic rings. The van der Waals surface area contributed by atoms with Crippen LogP contribution in [0.25, 0.3) is 0 Å². The van der Waals surface area contributed by atoms with Crippen molar-refractivity contribution in [3.63, 3.8) is 0 Å². The third kappa shape index (κ3) is 2.32. The van der Waals surface area contributed by atoms with Gasteiger partial charge in [0.15, 0.2) is 0 Å². The molecule has 0 aromatic heterocycles. The standard InChI is InChI=1S/C10H10BrClO/c1-6-8(10(11)7(2)13)4-3-5-9(6)12/h3-5,10H,1-2H3. The van der Waals surface area contributed by atoms with E-state index in [0.717, 1.165) is 11.1 Å². The summed E-state index contributed by atoms with van der Waals surface area (Å²) in [4.78, 5) is 10.9. The van der Waals surface area contributed by atoms with Crippen LogP contribution in [-0.4, -0.2) is 5.78 Å². The van der Waals surface area contributed by atoms with E-state index < -0.39 is 0 Å². The fourth-order valence-corrected chi connectivity index (χ4v) is 1.80. The lowest BCUT2D eigenvalue weighted by Crippen LogP contribution is -2.03. The van der Waals surface area contributed by atoms with Crippen LogP contribution in [0.4, 0.5) is 0 Å². The van der Waals surface area contributed by atoms with Crippen molar-refractivity contribution in [2.24, 2.45) is 0 Å². The van der Waals surface area contributed by atoms with Gasteiger partial charge < -0.3 is 0 Å². The first-order valence-corrected chi connectivity index (χ1v) is 5.23. The molecule has 0 heterocycles. The summed E-state index contributed by atoms with van der Waals surface area (Å²) in [5, 5.41) is 0.697. The molecule has 13 heavy (non-hydrogen) atoms. The maximum absolute atomic E-state index is 11.1. The van der Waals surface area contributed by atoms with Crippen LogP contribution >= 0.6 is 27.5 Å². The molecule has 1 rings (SSSR count). The Balaban J connectivity index is 3.15. The van der Waals surface area contributed by atoms with Crippen LogP contribution in [0.3, 0.4) is 0 Å². The van der Waals surface area contributed by atoms with Gasteiger partial charge in [-0.2, -0.15) is 0 Å². The van der Waals surface area contributed by atoms with E-state index in [-0.39, 0.29) is 10.6 Å².